The highest BCUT2D eigenvalue weighted by atomic mass is 13.6. The Morgan fingerprint density at radius 1 is 0.417 bits per heavy atom. The van der Waals surface area contributed by atoms with Gasteiger partial charge in [0.1, 0.15) is 0 Å². The first-order chi connectivity index (χ1) is 5.83. The van der Waals surface area contributed by atoms with Gasteiger partial charge in [-0.25, -0.2) is 0 Å². The van der Waals surface area contributed by atoms with Crippen LogP contribution in [0.25, 0.3) is 0 Å². The van der Waals surface area contributed by atoms with Gasteiger partial charge in [-0.3, -0.25) is 0 Å². The number of rotatable bonds is 4. The quantitative estimate of drug-likeness (QED) is 0.548. The van der Waals surface area contributed by atoms with Crippen LogP contribution in [0.3, 0.4) is 0 Å². The SMILES string of the molecule is C=CC=CC=C.C=CC=CC=C. The second kappa shape index (κ2) is 16.2. The maximum Gasteiger partial charge on any atom is -0.0629 e. The molecule has 0 aliphatic heterocycles. The predicted molar refractivity (Wildman–Crippen MR) is 59.1 cm³/mol. The highest BCUT2D eigenvalue weighted by molar-refractivity contribution is 5.06. The van der Waals surface area contributed by atoms with Gasteiger partial charge in [0.15, 0.2) is 0 Å². The molecule has 0 spiro atoms. The molecule has 64 valence electrons. The van der Waals surface area contributed by atoms with Crippen molar-refractivity contribution in [3.8, 4) is 0 Å². The predicted octanol–water partition coefficient (Wildman–Crippen LogP) is 3.83. The second-order valence-electron chi connectivity index (χ2n) is 1.71. The molecule has 0 saturated heterocycles. The van der Waals surface area contributed by atoms with Crippen molar-refractivity contribution in [1.29, 1.82) is 0 Å². The Bertz CT molecular complexity index is 138. The van der Waals surface area contributed by atoms with Crippen LogP contribution in [-0.4, -0.2) is 0 Å². The largest absolute Gasteiger partial charge is 0.0991 e. The molecular formula is C12H16. The van der Waals surface area contributed by atoms with Crippen LogP contribution in [0.2, 0.25) is 0 Å². The summed E-state index contributed by atoms with van der Waals surface area (Å²) in [5.74, 6) is 0. The number of hydrogen-bond acceptors (Lipinski definition) is 0. The molecule has 0 fully saturated rings. The van der Waals surface area contributed by atoms with Crippen molar-refractivity contribution in [3.05, 3.63) is 74.9 Å². The van der Waals surface area contributed by atoms with Gasteiger partial charge < -0.3 is 0 Å². The Hall–Kier alpha value is -1.56. The van der Waals surface area contributed by atoms with Gasteiger partial charge in [0.25, 0.3) is 0 Å². The molecule has 0 aliphatic carbocycles. The maximum atomic E-state index is 3.46. The van der Waals surface area contributed by atoms with Gasteiger partial charge in [-0.1, -0.05) is 74.9 Å². The van der Waals surface area contributed by atoms with Gasteiger partial charge in [-0.2, -0.15) is 0 Å². The highest BCUT2D eigenvalue weighted by Gasteiger charge is 1.47. The van der Waals surface area contributed by atoms with E-state index in [0.29, 0.717) is 0 Å². The molecule has 0 heterocycles. The Balaban J connectivity index is 0. The van der Waals surface area contributed by atoms with Crippen LogP contribution in [0.4, 0.5) is 0 Å². The van der Waals surface area contributed by atoms with Crippen molar-refractivity contribution in [3.63, 3.8) is 0 Å². The van der Waals surface area contributed by atoms with Crippen LogP contribution in [0.1, 0.15) is 0 Å². The zero-order valence-electron chi connectivity index (χ0n) is 7.45. The lowest BCUT2D eigenvalue weighted by atomic mass is 10.5. The van der Waals surface area contributed by atoms with Gasteiger partial charge in [-0.05, 0) is 0 Å². The summed E-state index contributed by atoms with van der Waals surface area (Å²) < 4.78 is 0. The molecule has 12 heavy (non-hydrogen) atoms. The molecular weight excluding hydrogens is 144 g/mol. The molecule has 0 amide bonds. The van der Waals surface area contributed by atoms with Crippen LogP contribution < -0.4 is 0 Å². The lowest BCUT2D eigenvalue weighted by Gasteiger charge is -1.60. The Kier molecular flexibility index (Phi) is 17.6. The molecule has 0 unspecified atom stereocenters. The zero-order chi connectivity index (χ0) is 9.66. The molecule has 0 heteroatoms. The van der Waals surface area contributed by atoms with Crippen LogP contribution in [-0.2, 0) is 0 Å². The summed E-state index contributed by atoms with van der Waals surface area (Å²) >= 11 is 0. The van der Waals surface area contributed by atoms with Crippen LogP contribution >= 0.6 is 0 Å². The maximum absolute atomic E-state index is 3.46. The van der Waals surface area contributed by atoms with E-state index in [1.807, 2.05) is 24.3 Å². The topological polar surface area (TPSA) is 0 Å². The average Bonchev–Trinajstić information content (AvgIpc) is 2.12. The molecule has 0 saturated carbocycles. The van der Waals surface area contributed by atoms with E-state index in [4.69, 9.17) is 0 Å². The number of allylic oxidation sites excluding steroid dienone is 8. The smallest absolute Gasteiger partial charge is 0.0629 e. The summed E-state index contributed by atoms with van der Waals surface area (Å²) in [4.78, 5) is 0. The summed E-state index contributed by atoms with van der Waals surface area (Å²) in [6.07, 6.45) is 14.1. The van der Waals surface area contributed by atoms with Gasteiger partial charge >= 0.3 is 0 Å². The molecule has 0 rings (SSSR count). The fraction of sp³-hybridized carbons (Fsp3) is 0. The first-order valence-corrected chi connectivity index (χ1v) is 3.63. The standard InChI is InChI=1S/2C6H8/c2*1-3-5-6-4-2/h2*3-6H,1-2H2. The average molecular weight is 160 g/mol. The molecule has 0 atom stereocenters. The van der Waals surface area contributed by atoms with Crippen LogP contribution in [0.5, 0.6) is 0 Å². The van der Waals surface area contributed by atoms with E-state index in [0.717, 1.165) is 0 Å². The lowest BCUT2D eigenvalue weighted by molar-refractivity contribution is 1.98. The normalized spacial score (nSPS) is 8.67. The third-order valence-electron chi connectivity index (χ3n) is 0.767. The molecule has 0 radical (unpaired) electrons. The number of hydrogen-bond donors (Lipinski definition) is 0. The first-order valence-electron chi connectivity index (χ1n) is 3.63. The second-order valence-corrected chi connectivity index (χ2v) is 1.71. The molecule has 0 N–H and O–H groups in total. The van der Waals surface area contributed by atoms with Crippen LogP contribution in [0, 0.1) is 0 Å². The van der Waals surface area contributed by atoms with Gasteiger partial charge in [0.05, 0.1) is 0 Å². The van der Waals surface area contributed by atoms with Gasteiger partial charge in [-0.15, -0.1) is 0 Å². The van der Waals surface area contributed by atoms with Gasteiger partial charge in [0.2, 0.25) is 0 Å². The first kappa shape index (κ1) is 13.1. The van der Waals surface area contributed by atoms with Crippen LogP contribution in [0.15, 0.2) is 74.9 Å². The summed E-state index contributed by atoms with van der Waals surface area (Å²) in [6, 6.07) is 0. The monoisotopic (exact) mass is 160 g/mol. The zero-order valence-corrected chi connectivity index (χ0v) is 7.45. The minimum absolute atomic E-state index is 1.71. The summed E-state index contributed by atoms with van der Waals surface area (Å²) in [5.41, 5.74) is 0. The fourth-order valence-electron chi connectivity index (χ4n) is 0.314. The van der Waals surface area contributed by atoms with Crippen molar-refractivity contribution in [2.75, 3.05) is 0 Å². The highest BCUT2D eigenvalue weighted by Crippen LogP contribution is 1.70. The molecule has 0 aromatic heterocycles. The summed E-state index contributed by atoms with van der Waals surface area (Å²) in [7, 11) is 0. The van der Waals surface area contributed by atoms with E-state index in [1.165, 1.54) is 0 Å². The van der Waals surface area contributed by atoms with Crippen molar-refractivity contribution in [1.82, 2.24) is 0 Å². The van der Waals surface area contributed by atoms with Crippen molar-refractivity contribution >= 4 is 0 Å². The molecule has 0 aromatic carbocycles. The molecule has 0 bridgehead atoms. The van der Waals surface area contributed by atoms with Gasteiger partial charge in [0, 0.05) is 0 Å². The lowest BCUT2D eigenvalue weighted by Crippen LogP contribution is -1.38. The van der Waals surface area contributed by atoms with Crippen molar-refractivity contribution < 1.29 is 0 Å². The molecule has 0 aliphatic rings. The van der Waals surface area contributed by atoms with E-state index in [1.54, 1.807) is 24.3 Å². The fourth-order valence-corrected chi connectivity index (χ4v) is 0.314. The summed E-state index contributed by atoms with van der Waals surface area (Å²) in [5, 5.41) is 0. The third-order valence-corrected chi connectivity index (χ3v) is 0.767. The minimum atomic E-state index is 1.71. The van der Waals surface area contributed by atoms with E-state index in [-0.39, 0.29) is 0 Å². The van der Waals surface area contributed by atoms with E-state index >= 15 is 0 Å². The molecule has 0 nitrogen and oxygen atoms in total. The molecule has 0 aromatic rings. The van der Waals surface area contributed by atoms with E-state index in [2.05, 4.69) is 26.3 Å². The Morgan fingerprint density at radius 2 is 0.583 bits per heavy atom. The Labute approximate surface area is 75.6 Å². The Morgan fingerprint density at radius 3 is 0.667 bits per heavy atom. The van der Waals surface area contributed by atoms with Crippen molar-refractivity contribution in [2.45, 2.75) is 0 Å². The minimum Gasteiger partial charge on any atom is -0.0991 e. The van der Waals surface area contributed by atoms with Crippen molar-refractivity contribution in [2.24, 2.45) is 0 Å². The third kappa shape index (κ3) is 23.7. The van der Waals surface area contributed by atoms with E-state index < -0.39 is 0 Å². The summed E-state index contributed by atoms with van der Waals surface area (Å²) in [6.45, 7) is 13.9. The van der Waals surface area contributed by atoms with E-state index in [9.17, 15) is 0 Å².